The fraction of sp³-hybridized carbons (Fsp3) is 0.769. The van der Waals surface area contributed by atoms with Crippen molar-refractivity contribution in [2.24, 2.45) is 10.9 Å². The van der Waals surface area contributed by atoms with Gasteiger partial charge in [-0.3, -0.25) is 9.67 Å². The van der Waals surface area contributed by atoms with Crippen LogP contribution in [0.15, 0.2) is 17.4 Å². The van der Waals surface area contributed by atoms with Gasteiger partial charge in [-0.25, -0.2) is 0 Å². The molecule has 1 saturated heterocycles. The van der Waals surface area contributed by atoms with Gasteiger partial charge in [0.05, 0.1) is 6.20 Å². The molecular formula is C13H21N5S. The van der Waals surface area contributed by atoms with Crippen LogP contribution in [-0.2, 0) is 6.54 Å². The average Bonchev–Trinajstić information content (AvgIpc) is 2.97. The van der Waals surface area contributed by atoms with Crippen molar-refractivity contribution in [1.82, 2.24) is 20.3 Å². The van der Waals surface area contributed by atoms with Gasteiger partial charge >= 0.3 is 0 Å². The summed E-state index contributed by atoms with van der Waals surface area (Å²) in [4.78, 5) is 4.68. The molecule has 2 atom stereocenters. The molecule has 0 amide bonds. The molecule has 19 heavy (non-hydrogen) atoms. The van der Waals surface area contributed by atoms with Gasteiger partial charge in [-0.1, -0.05) is 29.8 Å². The number of nitrogens with zero attached hydrogens (tertiary/aromatic N) is 4. The van der Waals surface area contributed by atoms with Crippen LogP contribution in [0.25, 0.3) is 0 Å². The number of nitrogens with one attached hydrogen (secondary N) is 1. The van der Waals surface area contributed by atoms with Crippen LogP contribution in [0, 0.1) is 5.92 Å². The first-order valence-electron chi connectivity index (χ1n) is 7.20. The van der Waals surface area contributed by atoms with E-state index in [1.165, 1.54) is 31.4 Å². The number of amidine groups is 1. The van der Waals surface area contributed by atoms with E-state index >= 15 is 0 Å². The first-order chi connectivity index (χ1) is 9.42. The number of fused-ring (bicyclic) bond motifs is 1. The fourth-order valence-corrected chi connectivity index (χ4v) is 4.03. The highest BCUT2D eigenvalue weighted by molar-refractivity contribution is 8.13. The molecule has 0 spiro atoms. The Hall–Kier alpha value is -1.04. The quantitative estimate of drug-likeness (QED) is 0.856. The molecule has 6 heteroatoms. The summed E-state index contributed by atoms with van der Waals surface area (Å²) in [6.07, 6.45) is 10.1. The van der Waals surface area contributed by atoms with E-state index in [4.69, 9.17) is 0 Å². The van der Waals surface area contributed by atoms with Gasteiger partial charge in [0.25, 0.3) is 0 Å². The molecule has 2 unspecified atom stereocenters. The van der Waals surface area contributed by atoms with Crippen molar-refractivity contribution in [1.29, 1.82) is 0 Å². The summed E-state index contributed by atoms with van der Waals surface area (Å²) >= 11 is 1.90. The standard InChI is InChI=1S/C13H21N5S/c1-2-5-12-11(4-1)10-19-13(16-12)14-6-3-8-18-9-7-15-17-18/h7,9,11-12H,1-6,8,10H2,(H,14,16). The smallest absolute Gasteiger partial charge is 0.156 e. The molecule has 1 N–H and O–H groups in total. The van der Waals surface area contributed by atoms with Crippen LogP contribution in [0.4, 0.5) is 0 Å². The Balaban J connectivity index is 1.43. The number of aromatic nitrogens is 3. The minimum absolute atomic E-state index is 0.684. The van der Waals surface area contributed by atoms with Crippen molar-refractivity contribution in [3.8, 4) is 0 Å². The summed E-state index contributed by atoms with van der Waals surface area (Å²) in [6.45, 7) is 1.76. The van der Waals surface area contributed by atoms with Gasteiger partial charge in [-0.2, -0.15) is 0 Å². The number of hydrogen-bond donors (Lipinski definition) is 1. The van der Waals surface area contributed by atoms with Crippen molar-refractivity contribution < 1.29 is 0 Å². The van der Waals surface area contributed by atoms with Crippen LogP contribution in [0.3, 0.4) is 0 Å². The highest BCUT2D eigenvalue weighted by atomic mass is 32.2. The van der Waals surface area contributed by atoms with Crippen molar-refractivity contribution in [2.45, 2.75) is 44.7 Å². The van der Waals surface area contributed by atoms with Crippen LogP contribution in [0.2, 0.25) is 0 Å². The Labute approximate surface area is 118 Å². The van der Waals surface area contributed by atoms with E-state index in [0.29, 0.717) is 6.04 Å². The zero-order valence-electron chi connectivity index (χ0n) is 11.2. The second-order valence-electron chi connectivity index (χ2n) is 5.31. The molecule has 0 radical (unpaired) electrons. The van der Waals surface area contributed by atoms with Crippen molar-refractivity contribution in [3.63, 3.8) is 0 Å². The van der Waals surface area contributed by atoms with Crippen molar-refractivity contribution in [3.05, 3.63) is 12.4 Å². The average molecular weight is 279 g/mol. The summed E-state index contributed by atoms with van der Waals surface area (Å²) in [5, 5.41) is 12.5. The Morgan fingerprint density at radius 3 is 3.26 bits per heavy atom. The predicted molar refractivity (Wildman–Crippen MR) is 78.3 cm³/mol. The van der Waals surface area contributed by atoms with Gasteiger partial charge in [-0.05, 0) is 25.2 Å². The van der Waals surface area contributed by atoms with Gasteiger partial charge in [0.15, 0.2) is 5.17 Å². The monoisotopic (exact) mass is 279 g/mol. The molecule has 1 aromatic heterocycles. The molecule has 2 fully saturated rings. The van der Waals surface area contributed by atoms with E-state index in [9.17, 15) is 0 Å². The van der Waals surface area contributed by atoms with E-state index in [1.807, 2.05) is 22.6 Å². The van der Waals surface area contributed by atoms with Crippen LogP contribution < -0.4 is 5.32 Å². The van der Waals surface area contributed by atoms with Crippen molar-refractivity contribution >= 4 is 16.9 Å². The summed E-state index contributed by atoms with van der Waals surface area (Å²) in [5.41, 5.74) is 0. The second kappa shape index (κ2) is 6.41. The summed E-state index contributed by atoms with van der Waals surface area (Å²) in [6, 6.07) is 0.684. The van der Waals surface area contributed by atoms with Crippen LogP contribution >= 0.6 is 11.8 Å². The van der Waals surface area contributed by atoms with E-state index < -0.39 is 0 Å². The van der Waals surface area contributed by atoms with E-state index in [1.54, 1.807) is 6.20 Å². The molecule has 1 aromatic rings. The maximum Gasteiger partial charge on any atom is 0.156 e. The molecule has 3 rings (SSSR count). The minimum Gasteiger partial charge on any atom is -0.362 e. The molecule has 104 valence electrons. The van der Waals surface area contributed by atoms with Gasteiger partial charge in [0, 0.05) is 31.1 Å². The topological polar surface area (TPSA) is 55.1 Å². The molecule has 0 aromatic carbocycles. The first-order valence-corrected chi connectivity index (χ1v) is 8.18. The van der Waals surface area contributed by atoms with Crippen LogP contribution in [0.5, 0.6) is 0 Å². The zero-order chi connectivity index (χ0) is 12.9. The number of hydrogen-bond acceptors (Lipinski definition) is 4. The highest BCUT2D eigenvalue weighted by Gasteiger charge is 2.29. The highest BCUT2D eigenvalue weighted by Crippen LogP contribution is 2.31. The number of aliphatic imine (C=N–C) groups is 1. The summed E-state index contributed by atoms with van der Waals surface area (Å²) in [7, 11) is 0. The lowest BCUT2D eigenvalue weighted by Crippen LogP contribution is -2.46. The molecule has 2 aliphatic rings. The third kappa shape index (κ3) is 3.49. The Kier molecular flexibility index (Phi) is 4.37. The molecule has 2 heterocycles. The summed E-state index contributed by atoms with van der Waals surface area (Å²) in [5.74, 6) is 2.12. The Morgan fingerprint density at radius 1 is 1.42 bits per heavy atom. The SMILES string of the molecule is c1cn(CCCN=C2NC3CCCCC3CS2)nn1. The van der Waals surface area contributed by atoms with Gasteiger partial charge in [-0.15, -0.1) is 5.10 Å². The Bertz CT molecular complexity index is 417. The lowest BCUT2D eigenvalue weighted by atomic mass is 9.86. The Morgan fingerprint density at radius 2 is 2.37 bits per heavy atom. The third-order valence-corrected chi connectivity index (χ3v) is 5.04. The first kappa shape index (κ1) is 13.0. The number of rotatable bonds is 4. The molecule has 5 nitrogen and oxygen atoms in total. The van der Waals surface area contributed by atoms with Crippen LogP contribution in [0.1, 0.15) is 32.1 Å². The van der Waals surface area contributed by atoms with Crippen LogP contribution in [-0.4, -0.2) is 38.5 Å². The zero-order valence-corrected chi connectivity index (χ0v) is 12.0. The normalized spacial score (nSPS) is 28.9. The van der Waals surface area contributed by atoms with Gasteiger partial charge in [0.2, 0.25) is 0 Å². The number of thioether (sulfide) groups is 1. The fourth-order valence-electron chi connectivity index (χ4n) is 2.84. The minimum atomic E-state index is 0.684. The maximum absolute atomic E-state index is 4.68. The van der Waals surface area contributed by atoms with E-state index in [0.717, 1.165) is 30.6 Å². The predicted octanol–water partition coefficient (Wildman–Crippen LogP) is 1.92. The van der Waals surface area contributed by atoms with E-state index in [-0.39, 0.29) is 0 Å². The van der Waals surface area contributed by atoms with Crippen molar-refractivity contribution in [2.75, 3.05) is 12.3 Å². The molecule has 1 aliphatic carbocycles. The molecular weight excluding hydrogens is 258 g/mol. The van der Waals surface area contributed by atoms with E-state index in [2.05, 4.69) is 20.6 Å². The lowest BCUT2D eigenvalue weighted by Gasteiger charge is -2.36. The molecule has 1 aliphatic heterocycles. The lowest BCUT2D eigenvalue weighted by molar-refractivity contribution is 0.311. The van der Waals surface area contributed by atoms with Gasteiger partial charge < -0.3 is 5.32 Å². The molecule has 1 saturated carbocycles. The second-order valence-corrected chi connectivity index (χ2v) is 6.32. The maximum atomic E-state index is 4.68. The number of aryl methyl sites for hydroxylation is 1. The largest absolute Gasteiger partial charge is 0.362 e. The third-order valence-electron chi connectivity index (χ3n) is 3.92. The van der Waals surface area contributed by atoms with Gasteiger partial charge in [0.1, 0.15) is 0 Å². The molecule has 0 bridgehead atoms. The summed E-state index contributed by atoms with van der Waals surface area (Å²) < 4.78 is 1.86.